The summed E-state index contributed by atoms with van der Waals surface area (Å²) in [5.74, 6) is 1.60. The second kappa shape index (κ2) is 7.47. The van der Waals surface area contributed by atoms with Crippen LogP contribution in [0.5, 0.6) is 11.5 Å². The molecule has 20 heavy (non-hydrogen) atoms. The van der Waals surface area contributed by atoms with Gasteiger partial charge < -0.3 is 24.8 Å². The molecule has 0 fully saturated rings. The summed E-state index contributed by atoms with van der Waals surface area (Å²) in [6.07, 6.45) is 0. The molecular weight excluding hydrogens is 256 g/mol. The lowest BCUT2D eigenvalue weighted by molar-refractivity contribution is 0.120. The summed E-state index contributed by atoms with van der Waals surface area (Å²) in [5.41, 5.74) is 7.32. The lowest BCUT2D eigenvalue weighted by atomic mass is 10.1. The molecule has 0 aliphatic carbocycles. The lowest BCUT2D eigenvalue weighted by Crippen LogP contribution is -2.31. The molecule has 0 radical (unpaired) electrons. The van der Waals surface area contributed by atoms with Crippen molar-refractivity contribution in [3.63, 3.8) is 0 Å². The lowest BCUT2D eigenvalue weighted by Gasteiger charge is -2.23. The van der Waals surface area contributed by atoms with E-state index < -0.39 is 0 Å². The number of hydrogen-bond donors (Lipinski definition) is 1. The van der Waals surface area contributed by atoms with Gasteiger partial charge in [0.2, 0.25) is 0 Å². The molecule has 0 saturated heterocycles. The van der Waals surface area contributed by atoms with E-state index in [1.807, 2.05) is 25.1 Å². The first-order valence-corrected chi connectivity index (χ1v) is 7.12. The second-order valence-electron chi connectivity index (χ2n) is 4.97. The van der Waals surface area contributed by atoms with Crippen LogP contribution in [0.3, 0.4) is 0 Å². The minimum atomic E-state index is -0.0440. The molecule has 5 nitrogen and oxygen atoms in total. The van der Waals surface area contributed by atoms with Gasteiger partial charge in [-0.1, -0.05) is 6.07 Å². The minimum absolute atomic E-state index is 0.0440. The van der Waals surface area contributed by atoms with E-state index in [1.54, 1.807) is 0 Å². The van der Waals surface area contributed by atoms with Crippen LogP contribution in [-0.2, 0) is 4.74 Å². The fourth-order valence-corrected chi connectivity index (χ4v) is 2.19. The molecule has 1 aliphatic rings. The third-order valence-electron chi connectivity index (χ3n) is 3.32. The van der Waals surface area contributed by atoms with Gasteiger partial charge in [-0.05, 0) is 31.7 Å². The number of ether oxygens (including phenoxy) is 3. The summed E-state index contributed by atoms with van der Waals surface area (Å²) in [4.78, 5) is 2.18. The highest BCUT2D eigenvalue weighted by Crippen LogP contribution is 2.32. The van der Waals surface area contributed by atoms with Gasteiger partial charge in [-0.25, -0.2) is 0 Å². The summed E-state index contributed by atoms with van der Waals surface area (Å²) >= 11 is 0. The monoisotopic (exact) mass is 280 g/mol. The molecule has 2 rings (SSSR count). The number of likely N-dealkylation sites (N-methyl/N-ethyl adjacent to an activating group) is 1. The van der Waals surface area contributed by atoms with Crippen LogP contribution >= 0.6 is 0 Å². The first kappa shape index (κ1) is 15.1. The van der Waals surface area contributed by atoms with Gasteiger partial charge >= 0.3 is 0 Å². The zero-order valence-electron chi connectivity index (χ0n) is 12.3. The first-order chi connectivity index (χ1) is 9.70. The van der Waals surface area contributed by atoms with Crippen LogP contribution in [0.15, 0.2) is 18.2 Å². The Morgan fingerprint density at radius 2 is 2.05 bits per heavy atom. The van der Waals surface area contributed by atoms with Crippen LogP contribution in [0.25, 0.3) is 0 Å². The van der Waals surface area contributed by atoms with Gasteiger partial charge in [-0.3, -0.25) is 0 Å². The Kier molecular flexibility index (Phi) is 5.64. The van der Waals surface area contributed by atoms with Crippen molar-refractivity contribution in [2.45, 2.75) is 13.0 Å². The molecule has 1 heterocycles. The number of fused-ring (bicyclic) bond motifs is 1. The number of benzene rings is 1. The van der Waals surface area contributed by atoms with E-state index in [-0.39, 0.29) is 6.04 Å². The van der Waals surface area contributed by atoms with Crippen molar-refractivity contribution in [1.82, 2.24) is 4.90 Å². The second-order valence-corrected chi connectivity index (χ2v) is 4.97. The Bertz CT molecular complexity index is 426. The molecule has 1 aliphatic heterocycles. The van der Waals surface area contributed by atoms with Crippen molar-refractivity contribution in [3.8, 4) is 11.5 Å². The highest BCUT2D eigenvalue weighted by Gasteiger charge is 2.15. The number of hydrogen-bond acceptors (Lipinski definition) is 5. The maximum absolute atomic E-state index is 6.25. The smallest absolute Gasteiger partial charge is 0.161 e. The number of rotatable bonds is 7. The maximum atomic E-state index is 6.25. The van der Waals surface area contributed by atoms with Crippen LogP contribution in [0.1, 0.15) is 18.5 Å². The molecule has 5 heteroatoms. The molecule has 0 spiro atoms. The number of nitrogens with two attached hydrogens (primary N) is 1. The molecule has 2 N–H and O–H groups in total. The van der Waals surface area contributed by atoms with Crippen molar-refractivity contribution in [2.75, 3.05) is 46.6 Å². The summed E-state index contributed by atoms with van der Waals surface area (Å²) in [7, 11) is 2.05. The predicted molar refractivity (Wildman–Crippen MR) is 78.4 cm³/mol. The van der Waals surface area contributed by atoms with Gasteiger partial charge in [0.15, 0.2) is 11.5 Å². The summed E-state index contributed by atoms with van der Waals surface area (Å²) < 4.78 is 16.4. The molecule has 1 aromatic carbocycles. The highest BCUT2D eigenvalue weighted by molar-refractivity contribution is 5.44. The molecule has 0 saturated carbocycles. The third-order valence-corrected chi connectivity index (χ3v) is 3.32. The predicted octanol–water partition coefficient (Wildman–Crippen LogP) is 1.43. The molecule has 1 unspecified atom stereocenters. The highest BCUT2D eigenvalue weighted by atomic mass is 16.6. The van der Waals surface area contributed by atoms with Crippen molar-refractivity contribution in [2.24, 2.45) is 5.73 Å². The van der Waals surface area contributed by atoms with Crippen LogP contribution in [-0.4, -0.2) is 51.5 Å². The van der Waals surface area contributed by atoms with Crippen LogP contribution < -0.4 is 15.2 Å². The van der Waals surface area contributed by atoms with E-state index in [2.05, 4.69) is 11.9 Å². The van der Waals surface area contributed by atoms with E-state index in [0.717, 1.165) is 43.4 Å². The minimum Gasteiger partial charge on any atom is -0.486 e. The Hall–Kier alpha value is -1.30. The van der Waals surface area contributed by atoms with E-state index in [1.165, 1.54) is 0 Å². The zero-order chi connectivity index (χ0) is 14.4. The fraction of sp³-hybridized carbons (Fsp3) is 0.600. The van der Waals surface area contributed by atoms with E-state index >= 15 is 0 Å². The van der Waals surface area contributed by atoms with Crippen LogP contribution in [0, 0.1) is 0 Å². The SMILES string of the molecule is CCOCCN(C)CC(N)c1ccc2c(c1)OCCO2. The quantitative estimate of drug-likeness (QED) is 0.766. The molecule has 0 aromatic heterocycles. The van der Waals surface area contributed by atoms with Crippen molar-refractivity contribution in [3.05, 3.63) is 23.8 Å². The van der Waals surface area contributed by atoms with Crippen molar-refractivity contribution < 1.29 is 14.2 Å². The third kappa shape index (κ3) is 4.10. The van der Waals surface area contributed by atoms with Gasteiger partial charge in [0, 0.05) is 25.7 Å². The zero-order valence-corrected chi connectivity index (χ0v) is 12.3. The standard InChI is InChI=1S/C15H24N2O3/c1-3-18-7-6-17(2)11-13(16)12-4-5-14-15(10-12)20-9-8-19-14/h4-5,10,13H,3,6-9,11,16H2,1-2H3. The Labute approximate surface area is 120 Å². The van der Waals surface area contributed by atoms with Gasteiger partial charge in [-0.15, -0.1) is 0 Å². The summed E-state index contributed by atoms with van der Waals surface area (Å²) in [6, 6.07) is 5.88. The maximum Gasteiger partial charge on any atom is 0.161 e. The fourth-order valence-electron chi connectivity index (χ4n) is 2.19. The van der Waals surface area contributed by atoms with Gasteiger partial charge in [0.05, 0.1) is 6.61 Å². The van der Waals surface area contributed by atoms with E-state index in [0.29, 0.717) is 13.2 Å². The van der Waals surface area contributed by atoms with Gasteiger partial charge in [-0.2, -0.15) is 0 Å². The Morgan fingerprint density at radius 1 is 1.30 bits per heavy atom. The molecule has 0 bridgehead atoms. The van der Waals surface area contributed by atoms with Gasteiger partial charge in [0.1, 0.15) is 13.2 Å². The topological polar surface area (TPSA) is 57.0 Å². The Morgan fingerprint density at radius 3 is 2.80 bits per heavy atom. The summed E-state index contributed by atoms with van der Waals surface area (Å²) in [6.45, 7) is 6.36. The van der Waals surface area contributed by atoms with Crippen LogP contribution in [0.4, 0.5) is 0 Å². The average Bonchev–Trinajstić information content (AvgIpc) is 2.47. The first-order valence-electron chi connectivity index (χ1n) is 7.12. The molecule has 0 amide bonds. The van der Waals surface area contributed by atoms with Crippen LogP contribution in [0.2, 0.25) is 0 Å². The van der Waals surface area contributed by atoms with Crippen molar-refractivity contribution in [1.29, 1.82) is 0 Å². The molecule has 1 aromatic rings. The van der Waals surface area contributed by atoms with E-state index in [9.17, 15) is 0 Å². The largest absolute Gasteiger partial charge is 0.486 e. The molecule has 112 valence electrons. The average molecular weight is 280 g/mol. The normalized spacial score (nSPS) is 15.4. The van der Waals surface area contributed by atoms with Gasteiger partial charge in [0.25, 0.3) is 0 Å². The summed E-state index contributed by atoms with van der Waals surface area (Å²) in [5, 5.41) is 0. The molecular formula is C15H24N2O3. The van der Waals surface area contributed by atoms with E-state index in [4.69, 9.17) is 19.9 Å². The molecule has 1 atom stereocenters. The number of nitrogens with zero attached hydrogens (tertiary/aromatic N) is 1. The Balaban J connectivity index is 1.90. The van der Waals surface area contributed by atoms with Crippen molar-refractivity contribution >= 4 is 0 Å².